The Morgan fingerprint density at radius 3 is 2.72 bits per heavy atom. The van der Waals surface area contributed by atoms with E-state index in [-0.39, 0.29) is 5.91 Å². The second-order valence-corrected chi connectivity index (χ2v) is 7.76. The zero-order valence-electron chi connectivity index (χ0n) is 17.0. The van der Waals surface area contributed by atoms with Crippen LogP contribution in [0.5, 0.6) is 0 Å². The number of benzene rings is 1. The minimum absolute atomic E-state index is 0.139. The number of nitrogens with zero attached hydrogens (tertiary/aromatic N) is 4. The van der Waals surface area contributed by atoms with Gasteiger partial charge in [0.1, 0.15) is 0 Å². The van der Waals surface area contributed by atoms with Gasteiger partial charge in [-0.1, -0.05) is 35.5 Å². The normalized spacial score (nSPS) is 16.3. The first-order chi connectivity index (χ1) is 14.1. The minimum atomic E-state index is 0.139. The Morgan fingerprint density at radius 2 is 1.97 bits per heavy atom. The molecule has 0 spiro atoms. The molecule has 1 atom stereocenters. The van der Waals surface area contributed by atoms with Crippen molar-refractivity contribution in [2.24, 2.45) is 0 Å². The standard InChI is InChI=1S/C23H26N4O2/c1-16-12-19(13-18-6-4-3-5-7-18)14-21(24-16)20-10-11-27(15-20)23(28)9-8-22-25-17(2)26-29-22/h3-7,12,14,20H,8-11,13,15H2,1-2H3/t20-/m0/s1. The van der Waals surface area contributed by atoms with Crippen molar-refractivity contribution in [1.29, 1.82) is 0 Å². The van der Waals surface area contributed by atoms with Gasteiger partial charge in [0.15, 0.2) is 5.82 Å². The van der Waals surface area contributed by atoms with Crippen LogP contribution in [0.3, 0.4) is 0 Å². The molecule has 2 aromatic heterocycles. The third-order valence-corrected chi connectivity index (χ3v) is 5.37. The molecule has 0 N–H and O–H groups in total. The number of carbonyl (C=O) groups excluding carboxylic acids is 1. The molecule has 150 valence electrons. The molecule has 1 fully saturated rings. The molecular formula is C23H26N4O2. The van der Waals surface area contributed by atoms with Gasteiger partial charge in [-0.15, -0.1) is 0 Å². The van der Waals surface area contributed by atoms with Crippen LogP contribution in [-0.2, 0) is 17.6 Å². The van der Waals surface area contributed by atoms with Crippen LogP contribution in [0.15, 0.2) is 47.0 Å². The van der Waals surface area contributed by atoms with Crippen molar-refractivity contribution in [1.82, 2.24) is 20.0 Å². The molecule has 1 aromatic carbocycles. The summed E-state index contributed by atoms with van der Waals surface area (Å²) in [7, 11) is 0. The predicted octanol–water partition coefficient (Wildman–Crippen LogP) is 3.62. The Morgan fingerprint density at radius 1 is 1.14 bits per heavy atom. The van der Waals surface area contributed by atoms with Gasteiger partial charge < -0.3 is 9.42 Å². The zero-order chi connectivity index (χ0) is 20.2. The van der Waals surface area contributed by atoms with E-state index in [0.717, 1.165) is 37.3 Å². The van der Waals surface area contributed by atoms with E-state index < -0.39 is 0 Å². The van der Waals surface area contributed by atoms with Crippen molar-refractivity contribution in [3.05, 3.63) is 76.7 Å². The number of hydrogen-bond acceptors (Lipinski definition) is 5. The van der Waals surface area contributed by atoms with Gasteiger partial charge in [-0.2, -0.15) is 4.98 Å². The lowest BCUT2D eigenvalue weighted by atomic mass is 9.98. The Kier molecular flexibility index (Phi) is 5.69. The smallest absolute Gasteiger partial charge is 0.227 e. The number of carbonyl (C=O) groups is 1. The Balaban J connectivity index is 1.38. The van der Waals surface area contributed by atoms with Crippen LogP contribution in [0.2, 0.25) is 0 Å². The topological polar surface area (TPSA) is 72.1 Å². The van der Waals surface area contributed by atoms with E-state index in [1.54, 1.807) is 6.92 Å². The van der Waals surface area contributed by atoms with Crippen molar-refractivity contribution in [2.45, 2.75) is 45.4 Å². The van der Waals surface area contributed by atoms with E-state index in [2.05, 4.69) is 46.5 Å². The summed E-state index contributed by atoms with van der Waals surface area (Å²) in [5, 5.41) is 3.77. The molecule has 0 bridgehead atoms. The summed E-state index contributed by atoms with van der Waals surface area (Å²) in [6, 6.07) is 14.8. The van der Waals surface area contributed by atoms with Crippen LogP contribution in [0.25, 0.3) is 0 Å². The van der Waals surface area contributed by atoms with Crippen LogP contribution in [0.4, 0.5) is 0 Å². The molecule has 4 rings (SSSR count). The van der Waals surface area contributed by atoms with Gasteiger partial charge in [-0.05, 0) is 49.9 Å². The highest BCUT2D eigenvalue weighted by molar-refractivity contribution is 5.76. The quantitative estimate of drug-likeness (QED) is 0.643. The fourth-order valence-electron chi connectivity index (χ4n) is 3.95. The van der Waals surface area contributed by atoms with Gasteiger partial charge in [-0.25, -0.2) is 0 Å². The fourth-order valence-corrected chi connectivity index (χ4v) is 3.95. The molecule has 3 heterocycles. The summed E-state index contributed by atoms with van der Waals surface area (Å²) in [6.07, 6.45) is 2.74. The first-order valence-corrected chi connectivity index (χ1v) is 10.1. The molecule has 1 aliphatic rings. The zero-order valence-corrected chi connectivity index (χ0v) is 17.0. The van der Waals surface area contributed by atoms with Gasteiger partial charge in [0.25, 0.3) is 0 Å². The van der Waals surface area contributed by atoms with Crippen molar-refractivity contribution < 1.29 is 9.32 Å². The maximum absolute atomic E-state index is 12.6. The van der Waals surface area contributed by atoms with Gasteiger partial charge in [0.2, 0.25) is 11.8 Å². The first-order valence-electron chi connectivity index (χ1n) is 10.1. The van der Waals surface area contributed by atoms with E-state index in [1.807, 2.05) is 17.9 Å². The van der Waals surface area contributed by atoms with E-state index in [9.17, 15) is 4.79 Å². The molecular weight excluding hydrogens is 364 g/mol. The predicted molar refractivity (Wildman–Crippen MR) is 110 cm³/mol. The van der Waals surface area contributed by atoms with Crippen LogP contribution >= 0.6 is 0 Å². The van der Waals surface area contributed by atoms with Crippen molar-refractivity contribution in [3.63, 3.8) is 0 Å². The lowest BCUT2D eigenvalue weighted by Gasteiger charge is -2.16. The summed E-state index contributed by atoms with van der Waals surface area (Å²) in [4.78, 5) is 23.5. The van der Waals surface area contributed by atoms with Crippen LogP contribution in [0.1, 0.15) is 53.0 Å². The van der Waals surface area contributed by atoms with E-state index in [4.69, 9.17) is 9.51 Å². The average molecular weight is 390 g/mol. The lowest BCUT2D eigenvalue weighted by Crippen LogP contribution is -2.28. The summed E-state index contributed by atoms with van der Waals surface area (Å²) >= 11 is 0. The van der Waals surface area contributed by atoms with Gasteiger partial charge in [0, 0.05) is 43.2 Å². The Labute approximate surface area is 171 Å². The second-order valence-electron chi connectivity index (χ2n) is 7.76. The van der Waals surface area contributed by atoms with Gasteiger partial charge in [-0.3, -0.25) is 9.78 Å². The summed E-state index contributed by atoms with van der Waals surface area (Å²) in [5.41, 5.74) is 4.70. The van der Waals surface area contributed by atoms with Crippen LogP contribution in [-0.4, -0.2) is 39.0 Å². The molecule has 1 amide bonds. The van der Waals surface area contributed by atoms with E-state index in [0.29, 0.717) is 30.5 Å². The number of pyridine rings is 1. The first kappa shape index (κ1) is 19.3. The monoisotopic (exact) mass is 390 g/mol. The van der Waals surface area contributed by atoms with Crippen molar-refractivity contribution in [3.8, 4) is 0 Å². The maximum Gasteiger partial charge on any atom is 0.227 e. The van der Waals surface area contributed by atoms with Crippen LogP contribution in [0, 0.1) is 13.8 Å². The minimum Gasteiger partial charge on any atom is -0.342 e. The number of rotatable bonds is 6. The number of aryl methyl sites for hydroxylation is 3. The van der Waals surface area contributed by atoms with Crippen molar-refractivity contribution >= 4 is 5.91 Å². The second kappa shape index (κ2) is 8.55. The highest BCUT2D eigenvalue weighted by Gasteiger charge is 2.28. The van der Waals surface area contributed by atoms with E-state index >= 15 is 0 Å². The molecule has 0 aliphatic carbocycles. The van der Waals surface area contributed by atoms with Crippen molar-refractivity contribution in [2.75, 3.05) is 13.1 Å². The summed E-state index contributed by atoms with van der Waals surface area (Å²) in [5.74, 6) is 1.56. The van der Waals surface area contributed by atoms with Gasteiger partial charge in [0.05, 0.1) is 0 Å². The summed E-state index contributed by atoms with van der Waals surface area (Å²) in [6.45, 7) is 5.32. The Hall–Kier alpha value is -3.02. The largest absolute Gasteiger partial charge is 0.342 e. The SMILES string of the molecule is Cc1cc(Cc2ccccc2)cc([C@H]2CCN(C(=O)CCc3nc(C)no3)C2)n1. The number of amides is 1. The maximum atomic E-state index is 12.6. The highest BCUT2D eigenvalue weighted by Crippen LogP contribution is 2.28. The molecule has 6 heteroatoms. The molecule has 3 aromatic rings. The third kappa shape index (κ3) is 4.88. The van der Waals surface area contributed by atoms with E-state index in [1.165, 1.54) is 11.1 Å². The average Bonchev–Trinajstić information content (AvgIpc) is 3.36. The highest BCUT2D eigenvalue weighted by atomic mass is 16.5. The molecule has 0 saturated carbocycles. The lowest BCUT2D eigenvalue weighted by molar-refractivity contribution is -0.130. The molecule has 0 unspecified atom stereocenters. The number of aromatic nitrogens is 3. The van der Waals surface area contributed by atoms with Gasteiger partial charge >= 0.3 is 0 Å². The molecule has 0 radical (unpaired) electrons. The molecule has 1 saturated heterocycles. The number of likely N-dealkylation sites (tertiary alicyclic amines) is 1. The molecule has 1 aliphatic heterocycles. The Bertz CT molecular complexity index is 984. The van der Waals surface area contributed by atoms with Crippen LogP contribution < -0.4 is 0 Å². The third-order valence-electron chi connectivity index (χ3n) is 5.37. The molecule has 29 heavy (non-hydrogen) atoms. The number of hydrogen-bond donors (Lipinski definition) is 0. The summed E-state index contributed by atoms with van der Waals surface area (Å²) < 4.78 is 5.10. The molecule has 6 nitrogen and oxygen atoms in total. The fraction of sp³-hybridized carbons (Fsp3) is 0.391.